The van der Waals surface area contributed by atoms with Crippen LogP contribution < -0.4 is 0 Å². The zero-order valence-electron chi connectivity index (χ0n) is 10.6. The Balaban J connectivity index is 2.32. The minimum atomic E-state index is -0.421. The second kappa shape index (κ2) is 6.11. The molecule has 98 valence electrons. The molecule has 0 heterocycles. The summed E-state index contributed by atoms with van der Waals surface area (Å²) >= 11 is 3.08. The molecule has 2 aromatic rings. The van der Waals surface area contributed by atoms with E-state index in [9.17, 15) is 9.18 Å². The Morgan fingerprint density at radius 2 is 1.89 bits per heavy atom. The lowest BCUT2D eigenvalue weighted by molar-refractivity contribution is 0.103. The Labute approximate surface area is 120 Å². The summed E-state index contributed by atoms with van der Waals surface area (Å²) in [6, 6.07) is 12.0. The van der Waals surface area contributed by atoms with Gasteiger partial charge in [0.15, 0.2) is 5.78 Å². The molecule has 0 aliphatic rings. The molecule has 0 aliphatic heterocycles. The second-order valence-electron chi connectivity index (χ2n) is 4.41. The molecule has 19 heavy (non-hydrogen) atoms. The summed E-state index contributed by atoms with van der Waals surface area (Å²) in [4.78, 5) is 12.3. The molecule has 0 N–H and O–H groups in total. The zero-order chi connectivity index (χ0) is 13.8. The Morgan fingerprint density at radius 3 is 2.58 bits per heavy atom. The molecule has 0 spiro atoms. The predicted octanol–water partition coefficient (Wildman–Crippen LogP) is 4.77. The van der Waals surface area contributed by atoms with Gasteiger partial charge in [0.1, 0.15) is 5.82 Å². The maximum atomic E-state index is 13.5. The van der Waals surface area contributed by atoms with Crippen LogP contribution in [-0.2, 0) is 6.42 Å². The van der Waals surface area contributed by atoms with Crippen molar-refractivity contribution >= 4 is 21.7 Å². The number of ketones is 1. The van der Waals surface area contributed by atoms with E-state index in [2.05, 4.69) is 22.9 Å². The number of halogens is 2. The van der Waals surface area contributed by atoms with E-state index in [1.165, 1.54) is 6.07 Å². The van der Waals surface area contributed by atoms with Crippen LogP contribution in [0.1, 0.15) is 34.8 Å². The molecular formula is C16H14BrFO. The average Bonchev–Trinajstić information content (AvgIpc) is 2.42. The maximum absolute atomic E-state index is 13.5. The van der Waals surface area contributed by atoms with E-state index in [0.717, 1.165) is 18.4 Å². The topological polar surface area (TPSA) is 17.1 Å². The Kier molecular flexibility index (Phi) is 4.48. The number of carbonyl (C=O) groups is 1. The number of hydrogen-bond acceptors (Lipinski definition) is 1. The fourth-order valence-corrected chi connectivity index (χ4v) is 2.21. The highest BCUT2D eigenvalue weighted by Gasteiger charge is 2.11. The summed E-state index contributed by atoms with van der Waals surface area (Å²) in [5.41, 5.74) is 2.10. The van der Waals surface area contributed by atoms with Gasteiger partial charge in [-0.2, -0.15) is 0 Å². The molecule has 0 atom stereocenters. The number of carbonyl (C=O) groups excluding carboxylic acids is 1. The van der Waals surface area contributed by atoms with Crippen LogP contribution in [-0.4, -0.2) is 5.78 Å². The summed E-state index contributed by atoms with van der Waals surface area (Å²) < 4.78 is 13.8. The van der Waals surface area contributed by atoms with E-state index in [4.69, 9.17) is 0 Å². The van der Waals surface area contributed by atoms with Crippen LogP contribution in [0.25, 0.3) is 0 Å². The van der Waals surface area contributed by atoms with Crippen LogP contribution in [0.5, 0.6) is 0 Å². The molecule has 1 nitrogen and oxygen atoms in total. The lowest BCUT2D eigenvalue weighted by Gasteiger charge is -2.05. The monoisotopic (exact) mass is 320 g/mol. The van der Waals surface area contributed by atoms with Crippen LogP contribution in [0.2, 0.25) is 0 Å². The average molecular weight is 321 g/mol. The fraction of sp³-hybridized carbons (Fsp3) is 0.188. The van der Waals surface area contributed by atoms with E-state index in [1.807, 2.05) is 18.2 Å². The molecule has 0 saturated heterocycles. The molecule has 0 aromatic heterocycles. The van der Waals surface area contributed by atoms with Crippen LogP contribution in [0, 0.1) is 5.82 Å². The highest BCUT2D eigenvalue weighted by molar-refractivity contribution is 9.10. The summed E-state index contributed by atoms with van der Waals surface area (Å²) in [7, 11) is 0. The molecule has 0 saturated carbocycles. The molecule has 0 bridgehead atoms. The van der Waals surface area contributed by atoms with Crippen LogP contribution in [0.3, 0.4) is 0 Å². The smallest absolute Gasteiger partial charge is 0.193 e. The molecule has 2 rings (SSSR count). The first-order valence-corrected chi connectivity index (χ1v) is 7.00. The number of benzene rings is 2. The molecule has 3 heteroatoms. The van der Waals surface area contributed by atoms with Gasteiger partial charge in [0.05, 0.1) is 4.47 Å². The van der Waals surface area contributed by atoms with Crippen molar-refractivity contribution in [1.29, 1.82) is 0 Å². The van der Waals surface area contributed by atoms with Crippen molar-refractivity contribution in [1.82, 2.24) is 0 Å². The number of rotatable bonds is 4. The normalized spacial score (nSPS) is 10.5. The summed E-state index contributed by atoms with van der Waals surface area (Å²) in [6.07, 6.45) is 1.97. The predicted molar refractivity (Wildman–Crippen MR) is 78.0 cm³/mol. The Morgan fingerprint density at radius 1 is 1.16 bits per heavy atom. The molecule has 0 fully saturated rings. The van der Waals surface area contributed by atoms with Gasteiger partial charge in [-0.1, -0.05) is 31.5 Å². The van der Waals surface area contributed by atoms with E-state index in [1.54, 1.807) is 18.2 Å². The van der Waals surface area contributed by atoms with Gasteiger partial charge in [-0.15, -0.1) is 0 Å². The van der Waals surface area contributed by atoms with Crippen LogP contribution in [0.4, 0.5) is 4.39 Å². The number of hydrogen-bond donors (Lipinski definition) is 0. The third-order valence-corrected chi connectivity index (χ3v) is 3.55. The standard InChI is InChI=1S/C16H14BrFO/c1-2-4-11-5-3-6-12(9-11)16(19)13-7-8-14(17)15(18)10-13/h3,5-10H,2,4H2,1H3. The van der Waals surface area contributed by atoms with E-state index < -0.39 is 5.82 Å². The van der Waals surface area contributed by atoms with Crippen molar-refractivity contribution in [2.75, 3.05) is 0 Å². The summed E-state index contributed by atoms with van der Waals surface area (Å²) in [5.74, 6) is -0.570. The van der Waals surface area contributed by atoms with Gasteiger partial charge < -0.3 is 0 Å². The first-order chi connectivity index (χ1) is 9.11. The van der Waals surface area contributed by atoms with Gasteiger partial charge >= 0.3 is 0 Å². The van der Waals surface area contributed by atoms with Gasteiger partial charge in [-0.3, -0.25) is 4.79 Å². The molecule has 0 aliphatic carbocycles. The molecule has 0 amide bonds. The van der Waals surface area contributed by atoms with E-state index >= 15 is 0 Å². The van der Waals surface area contributed by atoms with Gasteiger partial charge in [0.2, 0.25) is 0 Å². The maximum Gasteiger partial charge on any atom is 0.193 e. The van der Waals surface area contributed by atoms with Crippen molar-refractivity contribution in [3.63, 3.8) is 0 Å². The van der Waals surface area contributed by atoms with Crippen LogP contribution >= 0.6 is 15.9 Å². The molecule has 0 radical (unpaired) electrons. The van der Waals surface area contributed by atoms with Gasteiger partial charge in [-0.05, 0) is 52.2 Å². The largest absolute Gasteiger partial charge is 0.289 e. The first kappa shape index (κ1) is 13.9. The van der Waals surface area contributed by atoms with Crippen molar-refractivity contribution in [3.05, 3.63) is 69.4 Å². The summed E-state index contributed by atoms with van der Waals surface area (Å²) in [6.45, 7) is 2.10. The van der Waals surface area contributed by atoms with E-state index in [-0.39, 0.29) is 5.78 Å². The third-order valence-electron chi connectivity index (χ3n) is 2.91. The highest BCUT2D eigenvalue weighted by atomic mass is 79.9. The van der Waals surface area contributed by atoms with Crippen molar-refractivity contribution in [3.8, 4) is 0 Å². The Bertz CT molecular complexity index is 607. The lowest BCUT2D eigenvalue weighted by Crippen LogP contribution is -2.02. The number of aryl methyl sites for hydroxylation is 1. The van der Waals surface area contributed by atoms with Crippen LogP contribution in [0.15, 0.2) is 46.9 Å². The van der Waals surface area contributed by atoms with E-state index in [0.29, 0.717) is 15.6 Å². The van der Waals surface area contributed by atoms with Crippen molar-refractivity contribution in [2.45, 2.75) is 19.8 Å². The van der Waals surface area contributed by atoms with Gasteiger partial charge in [-0.25, -0.2) is 4.39 Å². The second-order valence-corrected chi connectivity index (χ2v) is 5.26. The Hall–Kier alpha value is -1.48. The zero-order valence-corrected chi connectivity index (χ0v) is 12.2. The summed E-state index contributed by atoms with van der Waals surface area (Å²) in [5, 5.41) is 0. The van der Waals surface area contributed by atoms with Gasteiger partial charge in [0.25, 0.3) is 0 Å². The first-order valence-electron chi connectivity index (χ1n) is 6.20. The molecular weight excluding hydrogens is 307 g/mol. The quantitative estimate of drug-likeness (QED) is 0.741. The third kappa shape index (κ3) is 3.29. The molecule has 0 unspecified atom stereocenters. The highest BCUT2D eigenvalue weighted by Crippen LogP contribution is 2.19. The minimum Gasteiger partial charge on any atom is -0.289 e. The molecule has 2 aromatic carbocycles. The van der Waals surface area contributed by atoms with Gasteiger partial charge in [0, 0.05) is 11.1 Å². The fourth-order valence-electron chi connectivity index (χ4n) is 1.96. The minimum absolute atomic E-state index is 0.149. The van der Waals surface area contributed by atoms with Crippen molar-refractivity contribution < 1.29 is 9.18 Å². The lowest BCUT2D eigenvalue weighted by atomic mass is 10.00. The SMILES string of the molecule is CCCc1cccc(C(=O)c2ccc(Br)c(F)c2)c1. The van der Waals surface area contributed by atoms with Crippen molar-refractivity contribution in [2.24, 2.45) is 0 Å².